The van der Waals surface area contributed by atoms with Crippen molar-refractivity contribution < 1.29 is 9.53 Å². The van der Waals surface area contributed by atoms with Crippen LogP contribution < -0.4 is 10.1 Å². The maximum Gasteiger partial charge on any atom is 0.223 e. The van der Waals surface area contributed by atoms with Gasteiger partial charge in [0.05, 0.1) is 13.7 Å². The summed E-state index contributed by atoms with van der Waals surface area (Å²) in [5.41, 5.74) is 1.09. The van der Waals surface area contributed by atoms with Crippen molar-refractivity contribution in [3.05, 3.63) is 41.5 Å². The number of methoxy groups -OCH3 is 1. The topological polar surface area (TPSA) is 72.3 Å². The highest BCUT2D eigenvalue weighted by atomic mass is 16.5. The lowest BCUT2D eigenvalue weighted by Gasteiger charge is -2.33. The number of hydrogen-bond donors (Lipinski definition) is 1. The maximum atomic E-state index is 12.9. The van der Waals surface area contributed by atoms with Crippen LogP contribution in [0, 0.1) is 0 Å². The number of ether oxygens (including phenoxy) is 1. The summed E-state index contributed by atoms with van der Waals surface area (Å²) in [5.74, 6) is 3.75. The van der Waals surface area contributed by atoms with Crippen molar-refractivity contribution in [2.45, 2.75) is 51.1 Å². The van der Waals surface area contributed by atoms with E-state index in [1.54, 1.807) is 7.11 Å². The maximum absolute atomic E-state index is 12.9. The van der Waals surface area contributed by atoms with Crippen LogP contribution in [0.5, 0.6) is 5.75 Å². The monoisotopic (exact) mass is 383 g/mol. The first-order valence-electron chi connectivity index (χ1n) is 10.2. The van der Waals surface area contributed by atoms with Crippen LogP contribution in [-0.2, 0) is 17.9 Å². The first-order chi connectivity index (χ1) is 13.7. The average molecular weight is 383 g/mol. The standard InChI is InChI=1S/C21H29N5O2/c1-15(17-5-3-4-6-18(17)28-2)13-20(27)25-10-7-16(8-11-25)21-24-23-19-14-22-9-12-26(19)21/h3-6,15-16,22H,7-14H2,1-2H3. The Bertz CT molecular complexity index is 826. The first kappa shape index (κ1) is 18.9. The van der Waals surface area contributed by atoms with Gasteiger partial charge in [-0.2, -0.15) is 0 Å². The van der Waals surface area contributed by atoms with Gasteiger partial charge in [0.1, 0.15) is 17.4 Å². The molecule has 1 unspecified atom stereocenters. The van der Waals surface area contributed by atoms with Crippen molar-refractivity contribution in [3.63, 3.8) is 0 Å². The lowest BCUT2D eigenvalue weighted by atomic mass is 9.93. The summed E-state index contributed by atoms with van der Waals surface area (Å²) in [6, 6.07) is 7.96. The second-order valence-corrected chi connectivity index (χ2v) is 7.81. The van der Waals surface area contributed by atoms with Gasteiger partial charge in [0, 0.05) is 38.5 Å². The fourth-order valence-corrected chi connectivity index (χ4v) is 4.38. The zero-order valence-corrected chi connectivity index (χ0v) is 16.7. The fraction of sp³-hybridized carbons (Fsp3) is 0.571. The highest BCUT2D eigenvalue weighted by Crippen LogP contribution is 2.31. The molecule has 0 bridgehead atoms. The minimum absolute atomic E-state index is 0.136. The quantitative estimate of drug-likeness (QED) is 0.858. The van der Waals surface area contributed by atoms with Gasteiger partial charge in [-0.3, -0.25) is 4.79 Å². The van der Waals surface area contributed by atoms with Gasteiger partial charge in [-0.1, -0.05) is 25.1 Å². The molecule has 0 radical (unpaired) electrons. The van der Waals surface area contributed by atoms with Gasteiger partial charge >= 0.3 is 0 Å². The van der Waals surface area contributed by atoms with E-state index in [1.165, 1.54) is 0 Å². The van der Waals surface area contributed by atoms with Crippen molar-refractivity contribution in [3.8, 4) is 5.75 Å². The number of likely N-dealkylation sites (tertiary alicyclic amines) is 1. The summed E-state index contributed by atoms with van der Waals surface area (Å²) in [6.45, 7) is 6.39. The smallest absolute Gasteiger partial charge is 0.223 e. The molecule has 1 atom stereocenters. The Hall–Kier alpha value is -2.41. The SMILES string of the molecule is COc1ccccc1C(C)CC(=O)N1CCC(c2nnc3n2CCNC3)CC1. The first-order valence-corrected chi connectivity index (χ1v) is 10.2. The molecule has 4 rings (SSSR count). The van der Waals surface area contributed by atoms with Crippen molar-refractivity contribution in [2.75, 3.05) is 26.7 Å². The largest absolute Gasteiger partial charge is 0.496 e. The minimum atomic E-state index is 0.136. The molecule has 2 aromatic rings. The molecule has 1 saturated heterocycles. The fourth-order valence-electron chi connectivity index (χ4n) is 4.38. The van der Waals surface area contributed by atoms with Gasteiger partial charge in [-0.15, -0.1) is 10.2 Å². The lowest BCUT2D eigenvalue weighted by molar-refractivity contribution is -0.132. The molecular formula is C21H29N5O2. The normalized spacial score (nSPS) is 18.6. The number of nitrogens with zero attached hydrogens (tertiary/aromatic N) is 4. The van der Waals surface area contributed by atoms with Gasteiger partial charge in [0.15, 0.2) is 0 Å². The number of hydrogen-bond acceptors (Lipinski definition) is 5. The molecule has 7 nitrogen and oxygen atoms in total. The zero-order chi connectivity index (χ0) is 19.5. The van der Waals surface area contributed by atoms with Crippen molar-refractivity contribution >= 4 is 5.91 Å². The number of aromatic nitrogens is 3. The van der Waals surface area contributed by atoms with Crippen LogP contribution in [0.3, 0.4) is 0 Å². The molecule has 0 aliphatic carbocycles. The molecule has 2 aliphatic rings. The minimum Gasteiger partial charge on any atom is -0.496 e. The van der Waals surface area contributed by atoms with Gasteiger partial charge < -0.3 is 19.5 Å². The van der Waals surface area contributed by atoms with Crippen LogP contribution in [0.25, 0.3) is 0 Å². The number of fused-ring (bicyclic) bond motifs is 1. The molecule has 150 valence electrons. The van der Waals surface area contributed by atoms with Crippen LogP contribution in [0.4, 0.5) is 0 Å². The predicted octanol–water partition coefficient (Wildman–Crippen LogP) is 2.29. The molecule has 1 aromatic heterocycles. The Morgan fingerprint density at radius 3 is 2.82 bits per heavy atom. The van der Waals surface area contributed by atoms with Gasteiger partial charge in [0.25, 0.3) is 0 Å². The van der Waals surface area contributed by atoms with E-state index in [0.29, 0.717) is 12.3 Å². The molecule has 0 spiro atoms. The van der Waals surface area contributed by atoms with Crippen LogP contribution >= 0.6 is 0 Å². The van der Waals surface area contributed by atoms with Crippen molar-refractivity contribution in [1.29, 1.82) is 0 Å². The predicted molar refractivity (Wildman–Crippen MR) is 106 cm³/mol. The Morgan fingerprint density at radius 2 is 2.04 bits per heavy atom. The number of para-hydroxylation sites is 1. The van der Waals surface area contributed by atoms with Crippen LogP contribution in [0.1, 0.15) is 55.2 Å². The number of benzene rings is 1. The lowest BCUT2D eigenvalue weighted by Crippen LogP contribution is -2.39. The van der Waals surface area contributed by atoms with Crippen molar-refractivity contribution in [1.82, 2.24) is 25.0 Å². The number of amides is 1. The molecule has 7 heteroatoms. The van der Waals surface area contributed by atoms with E-state index in [2.05, 4.69) is 27.0 Å². The van der Waals surface area contributed by atoms with E-state index in [9.17, 15) is 4.79 Å². The summed E-state index contributed by atoms with van der Waals surface area (Å²) >= 11 is 0. The van der Waals surface area contributed by atoms with E-state index in [0.717, 1.165) is 68.5 Å². The number of carbonyl (C=O) groups is 1. The van der Waals surface area contributed by atoms with E-state index in [-0.39, 0.29) is 11.8 Å². The number of nitrogens with one attached hydrogen (secondary N) is 1. The van der Waals surface area contributed by atoms with Crippen molar-refractivity contribution in [2.24, 2.45) is 0 Å². The van der Waals surface area contributed by atoms with E-state index < -0.39 is 0 Å². The van der Waals surface area contributed by atoms with E-state index in [1.807, 2.05) is 29.2 Å². The third-order valence-electron chi connectivity index (χ3n) is 6.01. The summed E-state index contributed by atoms with van der Waals surface area (Å²) in [4.78, 5) is 14.9. The van der Waals surface area contributed by atoms with E-state index in [4.69, 9.17) is 4.74 Å². The third kappa shape index (κ3) is 3.76. The Labute approximate surface area is 166 Å². The van der Waals surface area contributed by atoms with Gasteiger partial charge in [-0.25, -0.2) is 0 Å². The molecule has 1 amide bonds. The van der Waals surface area contributed by atoms with E-state index >= 15 is 0 Å². The van der Waals surface area contributed by atoms with Gasteiger partial charge in [-0.05, 0) is 30.4 Å². The van der Waals surface area contributed by atoms with Gasteiger partial charge in [0.2, 0.25) is 5.91 Å². The molecule has 2 aliphatic heterocycles. The Balaban J connectivity index is 1.35. The Kier molecular flexibility index (Phi) is 5.62. The molecule has 3 heterocycles. The summed E-state index contributed by atoms with van der Waals surface area (Å²) in [6.07, 6.45) is 2.43. The number of piperidine rings is 1. The molecule has 1 N–H and O–H groups in total. The number of carbonyl (C=O) groups excluding carboxylic acids is 1. The average Bonchev–Trinajstić information content (AvgIpc) is 3.18. The Morgan fingerprint density at radius 1 is 1.25 bits per heavy atom. The summed E-state index contributed by atoms with van der Waals surface area (Å²) in [7, 11) is 1.68. The third-order valence-corrected chi connectivity index (χ3v) is 6.01. The van der Waals surface area contributed by atoms with Crippen LogP contribution in [0.2, 0.25) is 0 Å². The molecule has 28 heavy (non-hydrogen) atoms. The summed E-state index contributed by atoms with van der Waals surface area (Å²) in [5, 5.41) is 12.1. The molecule has 1 aromatic carbocycles. The second kappa shape index (κ2) is 8.31. The van der Waals surface area contributed by atoms with Crippen LogP contribution in [0.15, 0.2) is 24.3 Å². The molecular weight excluding hydrogens is 354 g/mol. The highest BCUT2D eigenvalue weighted by Gasteiger charge is 2.29. The molecule has 0 saturated carbocycles. The zero-order valence-electron chi connectivity index (χ0n) is 16.7. The van der Waals surface area contributed by atoms with Crippen LogP contribution in [-0.4, -0.2) is 52.3 Å². The number of rotatable bonds is 5. The molecule has 1 fully saturated rings. The summed E-state index contributed by atoms with van der Waals surface area (Å²) < 4.78 is 7.72. The highest BCUT2D eigenvalue weighted by molar-refractivity contribution is 5.77. The second-order valence-electron chi connectivity index (χ2n) is 7.81.